The summed E-state index contributed by atoms with van der Waals surface area (Å²) < 4.78 is 0. The zero-order chi connectivity index (χ0) is 11.5. The van der Waals surface area contributed by atoms with Gasteiger partial charge in [0.1, 0.15) is 5.82 Å². The first-order valence-electron chi connectivity index (χ1n) is 4.79. The molecule has 2 aromatic heterocycles. The van der Waals surface area contributed by atoms with Gasteiger partial charge in [0.15, 0.2) is 0 Å². The van der Waals surface area contributed by atoms with Crippen LogP contribution in [0.3, 0.4) is 0 Å². The Bertz CT molecular complexity index is 542. The molecule has 0 saturated heterocycles. The SMILES string of the molecule is Cc1nccc2nc(NC(=O)CBr)ccc12. The molecule has 0 spiro atoms. The van der Waals surface area contributed by atoms with E-state index in [-0.39, 0.29) is 11.2 Å². The number of anilines is 1. The standard InChI is InChI=1S/C11H10BrN3O/c1-7-8-2-3-10(15-11(16)6-12)14-9(8)4-5-13-7/h2-5H,6H2,1H3,(H,14,15,16). The third kappa shape index (κ3) is 2.19. The van der Waals surface area contributed by atoms with E-state index in [1.807, 2.05) is 19.1 Å². The van der Waals surface area contributed by atoms with Crippen molar-refractivity contribution in [1.82, 2.24) is 9.97 Å². The van der Waals surface area contributed by atoms with Crippen LogP contribution >= 0.6 is 15.9 Å². The quantitative estimate of drug-likeness (QED) is 0.858. The molecule has 4 nitrogen and oxygen atoms in total. The highest BCUT2D eigenvalue weighted by Crippen LogP contribution is 2.16. The number of fused-ring (bicyclic) bond motifs is 1. The zero-order valence-electron chi connectivity index (χ0n) is 8.70. The van der Waals surface area contributed by atoms with E-state index in [0.717, 1.165) is 16.6 Å². The first kappa shape index (κ1) is 11.0. The Hall–Kier alpha value is -1.49. The zero-order valence-corrected chi connectivity index (χ0v) is 10.3. The summed E-state index contributed by atoms with van der Waals surface area (Å²) in [4.78, 5) is 19.7. The van der Waals surface area contributed by atoms with E-state index in [9.17, 15) is 4.79 Å². The van der Waals surface area contributed by atoms with Crippen molar-refractivity contribution in [2.24, 2.45) is 0 Å². The van der Waals surface area contributed by atoms with Gasteiger partial charge >= 0.3 is 0 Å². The van der Waals surface area contributed by atoms with Crippen molar-refractivity contribution in [2.45, 2.75) is 6.92 Å². The van der Waals surface area contributed by atoms with E-state index < -0.39 is 0 Å². The number of alkyl halides is 1. The Kier molecular flexibility index (Phi) is 3.14. The van der Waals surface area contributed by atoms with Crippen molar-refractivity contribution < 1.29 is 4.79 Å². The highest BCUT2D eigenvalue weighted by Gasteiger charge is 2.03. The molecule has 0 aliphatic heterocycles. The van der Waals surface area contributed by atoms with Gasteiger partial charge in [0.05, 0.1) is 10.8 Å². The number of carbonyl (C=O) groups is 1. The molecule has 0 aliphatic carbocycles. The summed E-state index contributed by atoms with van der Waals surface area (Å²) in [6.45, 7) is 1.93. The van der Waals surface area contributed by atoms with Gasteiger partial charge < -0.3 is 5.32 Å². The summed E-state index contributed by atoms with van der Waals surface area (Å²) in [5.74, 6) is 0.445. The summed E-state index contributed by atoms with van der Waals surface area (Å²) in [5, 5.41) is 3.95. The van der Waals surface area contributed by atoms with Crippen LogP contribution in [0, 0.1) is 6.92 Å². The van der Waals surface area contributed by atoms with Gasteiger partial charge in [0.2, 0.25) is 5.91 Å². The van der Waals surface area contributed by atoms with Gasteiger partial charge in [-0.1, -0.05) is 15.9 Å². The summed E-state index contributed by atoms with van der Waals surface area (Å²) in [6.07, 6.45) is 1.71. The predicted molar refractivity (Wildman–Crippen MR) is 66.7 cm³/mol. The lowest BCUT2D eigenvalue weighted by Gasteiger charge is -2.04. The Labute approximate surface area is 101 Å². The number of pyridine rings is 2. The summed E-state index contributed by atoms with van der Waals surface area (Å²) in [7, 11) is 0. The van der Waals surface area contributed by atoms with Crippen LogP contribution in [0.25, 0.3) is 10.9 Å². The van der Waals surface area contributed by atoms with Crippen molar-refractivity contribution in [3.8, 4) is 0 Å². The van der Waals surface area contributed by atoms with Gasteiger partial charge in [-0.25, -0.2) is 4.98 Å². The molecule has 16 heavy (non-hydrogen) atoms. The van der Waals surface area contributed by atoms with Crippen LogP contribution in [0.2, 0.25) is 0 Å². The first-order chi connectivity index (χ1) is 7.70. The van der Waals surface area contributed by atoms with Crippen LogP contribution in [0.1, 0.15) is 5.69 Å². The summed E-state index contributed by atoms with van der Waals surface area (Å²) in [5.41, 5.74) is 1.77. The van der Waals surface area contributed by atoms with Crippen molar-refractivity contribution in [1.29, 1.82) is 0 Å². The number of aromatic nitrogens is 2. The monoisotopic (exact) mass is 279 g/mol. The molecule has 1 N–H and O–H groups in total. The first-order valence-corrected chi connectivity index (χ1v) is 5.91. The molecule has 2 heterocycles. The predicted octanol–water partition coefficient (Wildman–Crippen LogP) is 2.27. The van der Waals surface area contributed by atoms with Crippen LogP contribution in [0.4, 0.5) is 5.82 Å². The minimum absolute atomic E-state index is 0.113. The molecule has 1 amide bonds. The van der Waals surface area contributed by atoms with Gasteiger partial charge in [-0.15, -0.1) is 0 Å². The molecule has 0 fully saturated rings. The maximum atomic E-state index is 11.2. The van der Waals surface area contributed by atoms with E-state index in [1.54, 1.807) is 12.3 Å². The molecule has 2 aromatic rings. The molecular weight excluding hydrogens is 270 g/mol. The smallest absolute Gasteiger partial charge is 0.236 e. The Morgan fingerprint density at radius 2 is 2.25 bits per heavy atom. The van der Waals surface area contributed by atoms with Gasteiger partial charge in [-0.05, 0) is 25.1 Å². The fraction of sp³-hybridized carbons (Fsp3) is 0.182. The van der Waals surface area contributed by atoms with E-state index in [4.69, 9.17) is 0 Å². The maximum absolute atomic E-state index is 11.2. The molecule has 0 aromatic carbocycles. The van der Waals surface area contributed by atoms with Crippen LogP contribution in [-0.4, -0.2) is 21.2 Å². The Morgan fingerprint density at radius 1 is 1.44 bits per heavy atom. The van der Waals surface area contributed by atoms with Gasteiger partial charge in [0.25, 0.3) is 0 Å². The third-order valence-electron chi connectivity index (χ3n) is 2.20. The molecule has 0 radical (unpaired) electrons. The Balaban J connectivity index is 2.41. The van der Waals surface area contributed by atoms with Crippen LogP contribution in [0.15, 0.2) is 24.4 Å². The normalized spacial score (nSPS) is 10.4. The van der Waals surface area contributed by atoms with E-state index in [0.29, 0.717) is 5.82 Å². The maximum Gasteiger partial charge on any atom is 0.236 e. The number of hydrogen-bond donors (Lipinski definition) is 1. The second-order valence-electron chi connectivity index (χ2n) is 3.34. The van der Waals surface area contributed by atoms with E-state index >= 15 is 0 Å². The molecule has 0 atom stereocenters. The summed E-state index contributed by atoms with van der Waals surface area (Å²) >= 11 is 3.08. The number of nitrogens with zero attached hydrogens (tertiary/aromatic N) is 2. The van der Waals surface area contributed by atoms with Crippen molar-refractivity contribution in [3.63, 3.8) is 0 Å². The molecule has 82 valence electrons. The number of rotatable bonds is 2. The van der Waals surface area contributed by atoms with Crippen LogP contribution in [-0.2, 0) is 4.79 Å². The number of hydrogen-bond acceptors (Lipinski definition) is 3. The van der Waals surface area contributed by atoms with Crippen molar-refractivity contribution in [3.05, 3.63) is 30.1 Å². The van der Waals surface area contributed by atoms with E-state index in [1.165, 1.54) is 0 Å². The lowest BCUT2D eigenvalue weighted by Crippen LogP contribution is -2.13. The molecule has 5 heteroatoms. The van der Waals surface area contributed by atoms with Gasteiger partial charge in [0, 0.05) is 17.3 Å². The molecular formula is C11H10BrN3O. The minimum atomic E-state index is -0.113. The number of halogens is 1. The third-order valence-corrected chi connectivity index (χ3v) is 2.71. The van der Waals surface area contributed by atoms with Gasteiger partial charge in [-0.3, -0.25) is 9.78 Å². The average molecular weight is 280 g/mol. The molecule has 0 bridgehead atoms. The molecule has 0 unspecified atom stereocenters. The lowest BCUT2D eigenvalue weighted by molar-refractivity contribution is -0.113. The Morgan fingerprint density at radius 3 is 3.00 bits per heavy atom. The molecule has 2 rings (SSSR count). The number of nitrogens with one attached hydrogen (secondary N) is 1. The largest absolute Gasteiger partial charge is 0.310 e. The second-order valence-corrected chi connectivity index (χ2v) is 3.90. The number of amides is 1. The van der Waals surface area contributed by atoms with Crippen LogP contribution in [0.5, 0.6) is 0 Å². The highest BCUT2D eigenvalue weighted by molar-refractivity contribution is 9.09. The number of carbonyl (C=O) groups excluding carboxylic acids is 1. The fourth-order valence-corrected chi connectivity index (χ4v) is 1.58. The average Bonchev–Trinajstić information content (AvgIpc) is 2.29. The summed E-state index contributed by atoms with van der Waals surface area (Å²) in [6, 6.07) is 5.51. The number of aryl methyl sites for hydroxylation is 1. The lowest BCUT2D eigenvalue weighted by atomic mass is 10.2. The van der Waals surface area contributed by atoms with E-state index in [2.05, 4.69) is 31.2 Å². The minimum Gasteiger partial charge on any atom is -0.310 e. The topological polar surface area (TPSA) is 54.9 Å². The van der Waals surface area contributed by atoms with Crippen molar-refractivity contribution in [2.75, 3.05) is 10.6 Å². The molecule has 0 saturated carbocycles. The van der Waals surface area contributed by atoms with Crippen molar-refractivity contribution >= 4 is 38.6 Å². The highest BCUT2D eigenvalue weighted by atomic mass is 79.9. The fourth-order valence-electron chi connectivity index (χ4n) is 1.44. The van der Waals surface area contributed by atoms with Gasteiger partial charge in [-0.2, -0.15) is 0 Å². The van der Waals surface area contributed by atoms with Crippen LogP contribution < -0.4 is 5.32 Å². The molecule has 0 aliphatic rings. The second kappa shape index (κ2) is 4.57.